The number of hydrogen-bond acceptors (Lipinski definition) is 2. The van der Waals surface area contributed by atoms with Gasteiger partial charge in [0.25, 0.3) is 0 Å². The highest BCUT2D eigenvalue weighted by atomic mass is 35.5. The summed E-state index contributed by atoms with van der Waals surface area (Å²) in [5, 5.41) is 2.17. The topological polar surface area (TPSA) is 39.2 Å². The van der Waals surface area contributed by atoms with Gasteiger partial charge in [0, 0.05) is 5.39 Å². The highest BCUT2D eigenvalue weighted by molar-refractivity contribution is 6.42. The van der Waals surface area contributed by atoms with Crippen LogP contribution in [0.25, 0.3) is 11.0 Å². The summed E-state index contributed by atoms with van der Waals surface area (Å²) < 4.78 is 5.83. The molecule has 4 heteroatoms. The third kappa shape index (κ3) is 3.08. The van der Waals surface area contributed by atoms with E-state index in [1.54, 1.807) is 6.07 Å². The molecule has 2 nitrogen and oxygen atoms in total. The molecule has 0 fully saturated rings. The molecule has 1 unspecified atom stereocenters. The zero-order valence-electron chi connectivity index (χ0n) is 11.6. The molecule has 0 spiro atoms. The molecule has 0 amide bonds. The summed E-state index contributed by atoms with van der Waals surface area (Å²) in [6.07, 6.45) is 0.649. The first-order chi connectivity index (χ1) is 10.0. The minimum atomic E-state index is -0.213. The molecule has 2 N–H and O–H groups in total. The molecule has 1 aromatic heterocycles. The molecule has 0 aliphatic heterocycles. The highest BCUT2D eigenvalue weighted by Crippen LogP contribution is 2.28. The molecule has 21 heavy (non-hydrogen) atoms. The van der Waals surface area contributed by atoms with Gasteiger partial charge >= 0.3 is 0 Å². The number of benzene rings is 2. The van der Waals surface area contributed by atoms with Crippen LogP contribution < -0.4 is 5.73 Å². The lowest BCUT2D eigenvalue weighted by Gasteiger charge is -2.09. The van der Waals surface area contributed by atoms with E-state index in [2.05, 4.69) is 13.0 Å². The number of halogens is 2. The smallest absolute Gasteiger partial charge is 0.134 e. The minimum Gasteiger partial charge on any atom is -0.459 e. The SMILES string of the molecule is Cc1ccc2oc(C(N)Cc3ccc(Cl)c(Cl)c3)cc2c1. The van der Waals surface area contributed by atoms with Gasteiger partial charge in [-0.15, -0.1) is 0 Å². The molecule has 0 bridgehead atoms. The van der Waals surface area contributed by atoms with Gasteiger partial charge in [-0.1, -0.05) is 40.9 Å². The lowest BCUT2D eigenvalue weighted by molar-refractivity contribution is 0.494. The Labute approximate surface area is 133 Å². The van der Waals surface area contributed by atoms with Crippen molar-refractivity contribution in [3.63, 3.8) is 0 Å². The van der Waals surface area contributed by atoms with Gasteiger partial charge in [-0.05, 0) is 49.2 Å². The van der Waals surface area contributed by atoms with Gasteiger partial charge in [0.15, 0.2) is 0 Å². The van der Waals surface area contributed by atoms with Crippen molar-refractivity contribution in [2.75, 3.05) is 0 Å². The summed E-state index contributed by atoms with van der Waals surface area (Å²) in [5.41, 5.74) is 9.35. The summed E-state index contributed by atoms with van der Waals surface area (Å²) in [6, 6.07) is 13.4. The Kier molecular flexibility index (Phi) is 3.94. The second-order valence-electron chi connectivity index (χ2n) is 5.25. The third-order valence-corrected chi connectivity index (χ3v) is 4.23. The van der Waals surface area contributed by atoms with Gasteiger partial charge in [0.05, 0.1) is 16.1 Å². The highest BCUT2D eigenvalue weighted by Gasteiger charge is 2.13. The van der Waals surface area contributed by atoms with Gasteiger partial charge in [0.1, 0.15) is 11.3 Å². The summed E-state index contributed by atoms with van der Waals surface area (Å²) in [5.74, 6) is 0.779. The fraction of sp³-hybridized carbons (Fsp3) is 0.176. The fourth-order valence-corrected chi connectivity index (χ4v) is 2.71. The van der Waals surface area contributed by atoms with E-state index in [1.807, 2.05) is 30.3 Å². The van der Waals surface area contributed by atoms with Crippen molar-refractivity contribution in [1.29, 1.82) is 0 Å². The molecular weight excluding hydrogens is 305 g/mol. The van der Waals surface area contributed by atoms with Crippen LogP contribution >= 0.6 is 23.2 Å². The first-order valence-corrected chi connectivity index (χ1v) is 7.48. The van der Waals surface area contributed by atoms with E-state index < -0.39 is 0 Å². The summed E-state index contributed by atoms with van der Waals surface area (Å²) in [6.45, 7) is 2.06. The molecule has 1 atom stereocenters. The van der Waals surface area contributed by atoms with Crippen LogP contribution in [0.3, 0.4) is 0 Å². The Morgan fingerprint density at radius 1 is 1.05 bits per heavy atom. The van der Waals surface area contributed by atoms with Crippen LogP contribution in [0.5, 0.6) is 0 Å². The van der Waals surface area contributed by atoms with Crippen molar-refractivity contribution in [2.24, 2.45) is 5.73 Å². The van der Waals surface area contributed by atoms with Gasteiger partial charge in [-0.2, -0.15) is 0 Å². The van der Waals surface area contributed by atoms with E-state index in [1.165, 1.54) is 5.56 Å². The minimum absolute atomic E-state index is 0.213. The van der Waals surface area contributed by atoms with E-state index in [4.69, 9.17) is 33.4 Å². The van der Waals surface area contributed by atoms with Crippen LogP contribution in [0.2, 0.25) is 10.0 Å². The molecule has 3 rings (SSSR count). The number of fused-ring (bicyclic) bond motifs is 1. The predicted molar refractivity (Wildman–Crippen MR) is 88.0 cm³/mol. The fourth-order valence-electron chi connectivity index (χ4n) is 2.39. The second kappa shape index (κ2) is 5.72. The average molecular weight is 320 g/mol. The summed E-state index contributed by atoms with van der Waals surface area (Å²) in [4.78, 5) is 0. The maximum absolute atomic E-state index is 6.25. The zero-order chi connectivity index (χ0) is 15.0. The molecule has 0 aliphatic carbocycles. The number of rotatable bonds is 3. The number of aryl methyl sites for hydroxylation is 1. The predicted octanol–water partition coefficient (Wildman–Crippen LogP) is 5.29. The van der Waals surface area contributed by atoms with Crippen molar-refractivity contribution >= 4 is 34.2 Å². The number of nitrogens with two attached hydrogens (primary N) is 1. The van der Waals surface area contributed by atoms with Crippen molar-refractivity contribution < 1.29 is 4.42 Å². The van der Waals surface area contributed by atoms with Crippen LogP contribution in [-0.2, 0) is 6.42 Å². The summed E-state index contributed by atoms with van der Waals surface area (Å²) in [7, 11) is 0. The average Bonchev–Trinajstić information content (AvgIpc) is 2.86. The van der Waals surface area contributed by atoms with Gasteiger partial charge in [-0.3, -0.25) is 0 Å². The van der Waals surface area contributed by atoms with E-state index in [9.17, 15) is 0 Å². The maximum Gasteiger partial charge on any atom is 0.134 e. The van der Waals surface area contributed by atoms with E-state index >= 15 is 0 Å². The first-order valence-electron chi connectivity index (χ1n) is 6.72. The van der Waals surface area contributed by atoms with E-state index in [0.717, 1.165) is 22.3 Å². The quantitative estimate of drug-likeness (QED) is 0.712. The zero-order valence-corrected chi connectivity index (χ0v) is 13.1. The van der Waals surface area contributed by atoms with Gasteiger partial charge in [0.2, 0.25) is 0 Å². The molecule has 0 radical (unpaired) electrons. The van der Waals surface area contributed by atoms with Crippen LogP contribution in [0.1, 0.15) is 22.9 Å². The van der Waals surface area contributed by atoms with Crippen molar-refractivity contribution in [1.82, 2.24) is 0 Å². The summed E-state index contributed by atoms with van der Waals surface area (Å²) >= 11 is 11.9. The largest absolute Gasteiger partial charge is 0.459 e. The van der Waals surface area contributed by atoms with Crippen molar-refractivity contribution in [2.45, 2.75) is 19.4 Å². The van der Waals surface area contributed by atoms with Crippen molar-refractivity contribution in [3.8, 4) is 0 Å². The van der Waals surface area contributed by atoms with E-state index in [-0.39, 0.29) is 6.04 Å². The molecule has 0 aliphatic rings. The maximum atomic E-state index is 6.25. The molecule has 2 aromatic carbocycles. The number of furan rings is 1. The van der Waals surface area contributed by atoms with Gasteiger partial charge in [-0.25, -0.2) is 0 Å². The molecule has 3 aromatic rings. The molecule has 0 saturated heterocycles. The number of hydrogen-bond donors (Lipinski definition) is 1. The second-order valence-corrected chi connectivity index (χ2v) is 6.06. The van der Waals surface area contributed by atoms with Crippen LogP contribution in [0.4, 0.5) is 0 Å². The van der Waals surface area contributed by atoms with Crippen molar-refractivity contribution in [3.05, 3.63) is 69.4 Å². The monoisotopic (exact) mass is 319 g/mol. The Morgan fingerprint density at radius 3 is 2.62 bits per heavy atom. The third-order valence-electron chi connectivity index (χ3n) is 3.50. The Morgan fingerprint density at radius 2 is 1.86 bits per heavy atom. The van der Waals surface area contributed by atoms with Crippen LogP contribution in [-0.4, -0.2) is 0 Å². The lowest BCUT2D eigenvalue weighted by atomic mass is 10.0. The molecule has 108 valence electrons. The first kappa shape index (κ1) is 14.5. The lowest BCUT2D eigenvalue weighted by Crippen LogP contribution is -2.12. The standard InChI is InChI=1S/C17H15Cl2NO/c1-10-2-5-16-12(6-10)9-17(21-16)15(20)8-11-3-4-13(18)14(19)7-11/h2-7,9,15H,8,20H2,1H3. The normalized spacial score (nSPS) is 12.8. The van der Waals surface area contributed by atoms with Gasteiger partial charge < -0.3 is 10.2 Å². The molecule has 0 saturated carbocycles. The van der Waals surface area contributed by atoms with E-state index in [0.29, 0.717) is 16.5 Å². The Balaban J connectivity index is 1.85. The molecule has 1 heterocycles. The Hall–Kier alpha value is -1.48. The molecular formula is C17H15Cl2NO. The van der Waals surface area contributed by atoms with Crippen LogP contribution in [0, 0.1) is 6.92 Å². The Bertz CT molecular complexity index is 795. The van der Waals surface area contributed by atoms with Crippen LogP contribution in [0.15, 0.2) is 46.9 Å².